The third-order valence-electron chi connectivity index (χ3n) is 2.26. The van der Waals surface area contributed by atoms with Crippen molar-refractivity contribution in [3.8, 4) is 0 Å². The van der Waals surface area contributed by atoms with E-state index in [2.05, 4.69) is 24.3 Å². The summed E-state index contributed by atoms with van der Waals surface area (Å²) in [5.41, 5.74) is 1.42. The molecule has 1 saturated carbocycles. The van der Waals surface area contributed by atoms with Crippen molar-refractivity contribution < 1.29 is 4.74 Å². The van der Waals surface area contributed by atoms with E-state index in [1.54, 1.807) is 7.11 Å². The topological polar surface area (TPSA) is 9.23 Å². The van der Waals surface area contributed by atoms with Crippen LogP contribution in [-0.2, 0) is 4.74 Å². The van der Waals surface area contributed by atoms with E-state index in [1.807, 2.05) is 6.07 Å². The van der Waals surface area contributed by atoms with Crippen LogP contribution in [0, 0.1) is 0 Å². The molecule has 1 aliphatic rings. The van der Waals surface area contributed by atoms with Crippen LogP contribution in [0.15, 0.2) is 30.3 Å². The normalized spacial score (nSPS) is 28.5. The number of hydrogen-bond acceptors (Lipinski definition) is 1. The van der Waals surface area contributed by atoms with Crippen LogP contribution in [0.25, 0.3) is 0 Å². The van der Waals surface area contributed by atoms with Crippen molar-refractivity contribution in [1.29, 1.82) is 0 Å². The Balaban J connectivity index is 2.09. The lowest BCUT2D eigenvalue weighted by Gasteiger charge is -1.96. The van der Waals surface area contributed by atoms with Crippen molar-refractivity contribution in [2.45, 2.75) is 18.4 Å². The fourth-order valence-corrected chi connectivity index (χ4v) is 1.48. The Bertz CT molecular complexity index is 230. The lowest BCUT2D eigenvalue weighted by Crippen LogP contribution is -1.89. The molecule has 11 heavy (non-hydrogen) atoms. The van der Waals surface area contributed by atoms with E-state index >= 15 is 0 Å². The van der Waals surface area contributed by atoms with Gasteiger partial charge in [0.2, 0.25) is 0 Å². The van der Waals surface area contributed by atoms with Gasteiger partial charge in [0, 0.05) is 13.0 Å². The van der Waals surface area contributed by atoms with Crippen molar-refractivity contribution in [3.63, 3.8) is 0 Å². The predicted octanol–water partition coefficient (Wildman–Crippen LogP) is 2.19. The molecule has 0 aliphatic heterocycles. The Morgan fingerprint density at radius 2 is 2.00 bits per heavy atom. The zero-order valence-corrected chi connectivity index (χ0v) is 6.66. The fourth-order valence-electron chi connectivity index (χ4n) is 1.48. The molecule has 0 unspecified atom stereocenters. The Hall–Kier alpha value is -0.820. The van der Waals surface area contributed by atoms with Crippen LogP contribution >= 0.6 is 0 Å². The van der Waals surface area contributed by atoms with Crippen LogP contribution in [0.1, 0.15) is 17.9 Å². The maximum absolute atomic E-state index is 5.23. The van der Waals surface area contributed by atoms with Gasteiger partial charge in [0.15, 0.2) is 0 Å². The van der Waals surface area contributed by atoms with E-state index in [9.17, 15) is 0 Å². The van der Waals surface area contributed by atoms with Crippen molar-refractivity contribution >= 4 is 0 Å². The van der Waals surface area contributed by atoms with Gasteiger partial charge >= 0.3 is 0 Å². The third kappa shape index (κ3) is 1.29. The van der Waals surface area contributed by atoms with Crippen LogP contribution in [0.2, 0.25) is 0 Å². The maximum atomic E-state index is 5.23. The molecule has 1 heteroatoms. The quantitative estimate of drug-likeness (QED) is 0.624. The number of benzene rings is 1. The summed E-state index contributed by atoms with van der Waals surface area (Å²) in [7, 11) is 1.79. The summed E-state index contributed by atoms with van der Waals surface area (Å²) in [5.74, 6) is 0.668. The second kappa shape index (κ2) is 2.67. The van der Waals surface area contributed by atoms with Gasteiger partial charge in [0.1, 0.15) is 0 Å². The summed E-state index contributed by atoms with van der Waals surface area (Å²) < 4.78 is 5.23. The van der Waals surface area contributed by atoms with Gasteiger partial charge in [-0.15, -0.1) is 0 Å². The molecule has 0 aromatic heterocycles. The third-order valence-corrected chi connectivity index (χ3v) is 2.26. The van der Waals surface area contributed by atoms with Gasteiger partial charge in [-0.25, -0.2) is 0 Å². The van der Waals surface area contributed by atoms with Crippen LogP contribution in [0.5, 0.6) is 0 Å². The highest BCUT2D eigenvalue weighted by Crippen LogP contribution is 2.42. The first-order valence-corrected chi connectivity index (χ1v) is 3.99. The molecule has 0 spiro atoms. The monoisotopic (exact) mass is 148 g/mol. The zero-order valence-electron chi connectivity index (χ0n) is 6.66. The van der Waals surface area contributed by atoms with Crippen molar-refractivity contribution in [3.05, 3.63) is 35.9 Å². The van der Waals surface area contributed by atoms with E-state index in [1.165, 1.54) is 12.0 Å². The summed E-state index contributed by atoms with van der Waals surface area (Å²) in [6.07, 6.45) is 1.68. The largest absolute Gasteiger partial charge is 0.381 e. The van der Waals surface area contributed by atoms with Gasteiger partial charge in [-0.05, 0) is 12.0 Å². The number of hydrogen-bond donors (Lipinski definition) is 0. The van der Waals surface area contributed by atoms with Crippen molar-refractivity contribution in [1.82, 2.24) is 0 Å². The number of ether oxygens (including phenoxy) is 1. The van der Waals surface area contributed by atoms with E-state index in [0.717, 1.165) is 0 Å². The molecule has 1 nitrogen and oxygen atoms in total. The van der Waals surface area contributed by atoms with Crippen LogP contribution in [0.4, 0.5) is 0 Å². The minimum atomic E-state index is 0.484. The lowest BCUT2D eigenvalue weighted by atomic mass is 10.1. The van der Waals surface area contributed by atoms with Gasteiger partial charge in [0.05, 0.1) is 6.10 Å². The summed E-state index contributed by atoms with van der Waals surface area (Å²) in [4.78, 5) is 0. The molecule has 58 valence electrons. The van der Waals surface area contributed by atoms with Crippen LogP contribution in [0.3, 0.4) is 0 Å². The van der Waals surface area contributed by atoms with Crippen molar-refractivity contribution in [2.24, 2.45) is 0 Å². The van der Waals surface area contributed by atoms with E-state index in [-0.39, 0.29) is 0 Å². The summed E-state index contributed by atoms with van der Waals surface area (Å²) >= 11 is 0. The van der Waals surface area contributed by atoms with E-state index in [0.29, 0.717) is 12.0 Å². The summed E-state index contributed by atoms with van der Waals surface area (Å²) in [6.45, 7) is 0. The molecule has 1 aromatic carbocycles. The number of rotatable bonds is 2. The molecule has 2 rings (SSSR count). The number of methoxy groups -OCH3 is 1. The molecule has 1 aliphatic carbocycles. The molecular weight excluding hydrogens is 136 g/mol. The molecule has 0 radical (unpaired) electrons. The summed E-state index contributed by atoms with van der Waals surface area (Å²) in [5, 5.41) is 0. The van der Waals surface area contributed by atoms with Crippen LogP contribution < -0.4 is 0 Å². The Kier molecular flexibility index (Phi) is 1.66. The van der Waals surface area contributed by atoms with Gasteiger partial charge in [-0.3, -0.25) is 0 Å². The highest BCUT2D eigenvalue weighted by molar-refractivity contribution is 5.26. The molecule has 0 N–H and O–H groups in total. The average Bonchev–Trinajstić information content (AvgIpc) is 2.85. The highest BCUT2D eigenvalue weighted by Gasteiger charge is 2.38. The lowest BCUT2D eigenvalue weighted by molar-refractivity contribution is 0.178. The smallest absolute Gasteiger partial charge is 0.0647 e. The minimum Gasteiger partial charge on any atom is -0.381 e. The molecule has 0 heterocycles. The average molecular weight is 148 g/mol. The Morgan fingerprint density at radius 1 is 1.27 bits per heavy atom. The summed E-state index contributed by atoms with van der Waals surface area (Å²) in [6, 6.07) is 10.6. The molecule has 0 amide bonds. The second-order valence-electron chi connectivity index (χ2n) is 3.03. The molecule has 0 saturated heterocycles. The first-order valence-electron chi connectivity index (χ1n) is 3.99. The molecule has 0 bridgehead atoms. The Labute approximate surface area is 67.0 Å². The zero-order chi connectivity index (χ0) is 7.68. The molecule has 1 fully saturated rings. The highest BCUT2D eigenvalue weighted by atomic mass is 16.5. The SMILES string of the molecule is CO[C@@H]1C[C@@H]1c1ccccc1. The molecule has 1 aromatic rings. The van der Waals surface area contributed by atoms with Gasteiger partial charge in [0.25, 0.3) is 0 Å². The van der Waals surface area contributed by atoms with Crippen molar-refractivity contribution in [2.75, 3.05) is 7.11 Å². The Morgan fingerprint density at radius 3 is 2.55 bits per heavy atom. The standard InChI is InChI=1S/C10H12O/c1-11-10-7-9(10)8-5-3-2-4-6-8/h2-6,9-10H,7H2,1H3/t9-,10-/m1/s1. The minimum absolute atomic E-state index is 0.484. The predicted molar refractivity (Wildman–Crippen MR) is 44.6 cm³/mol. The maximum Gasteiger partial charge on any atom is 0.0647 e. The van der Waals surface area contributed by atoms with Crippen LogP contribution in [-0.4, -0.2) is 13.2 Å². The first-order chi connectivity index (χ1) is 5.42. The fraction of sp³-hybridized carbons (Fsp3) is 0.400. The van der Waals surface area contributed by atoms with Gasteiger partial charge in [-0.2, -0.15) is 0 Å². The first kappa shape index (κ1) is 6.86. The van der Waals surface area contributed by atoms with E-state index < -0.39 is 0 Å². The van der Waals surface area contributed by atoms with E-state index in [4.69, 9.17) is 4.74 Å². The van der Waals surface area contributed by atoms with Gasteiger partial charge in [-0.1, -0.05) is 30.3 Å². The molecular formula is C10H12O. The van der Waals surface area contributed by atoms with Gasteiger partial charge < -0.3 is 4.74 Å². The molecule has 2 atom stereocenters. The second-order valence-corrected chi connectivity index (χ2v) is 3.03.